The monoisotopic (exact) mass is 426 g/mol. The first-order valence-corrected chi connectivity index (χ1v) is 10.2. The van der Waals surface area contributed by atoms with Gasteiger partial charge in [0.25, 0.3) is 0 Å². The van der Waals surface area contributed by atoms with Crippen molar-refractivity contribution in [3.8, 4) is 11.4 Å². The van der Waals surface area contributed by atoms with E-state index in [2.05, 4.69) is 20.1 Å². The minimum Gasteiger partial charge on any atom is -0.323 e. The van der Waals surface area contributed by atoms with Gasteiger partial charge >= 0.3 is 13.8 Å². The fourth-order valence-corrected chi connectivity index (χ4v) is 3.57. The molecule has 13 heteroatoms. The van der Waals surface area contributed by atoms with Crippen LogP contribution in [0.1, 0.15) is 18.3 Å². The lowest BCUT2D eigenvalue weighted by molar-refractivity contribution is -0.137. The van der Waals surface area contributed by atoms with Crippen molar-refractivity contribution in [1.82, 2.24) is 29.1 Å². The Morgan fingerprint density at radius 1 is 1.14 bits per heavy atom. The zero-order valence-corrected chi connectivity index (χ0v) is 15.8. The van der Waals surface area contributed by atoms with Gasteiger partial charge in [0.15, 0.2) is 17.1 Å². The Balaban J connectivity index is 1.90. The minimum atomic E-state index is -4.45. The fourth-order valence-electron chi connectivity index (χ4n) is 2.96. The Morgan fingerprint density at radius 2 is 1.83 bits per heavy atom. The number of nitrogens with zero attached hydrogens (tertiary/aromatic N) is 6. The number of hydrogen-bond acceptors (Lipinski definition) is 5. The van der Waals surface area contributed by atoms with Crippen molar-refractivity contribution < 1.29 is 27.5 Å². The van der Waals surface area contributed by atoms with E-state index < -0.39 is 25.6 Å². The number of imidazole rings is 1. The molecule has 3 aromatic heterocycles. The van der Waals surface area contributed by atoms with Crippen molar-refractivity contribution in [2.24, 2.45) is 0 Å². The third-order valence-electron chi connectivity index (χ3n) is 4.24. The first-order valence-electron chi connectivity index (χ1n) is 8.39. The topological polar surface area (TPSA) is 118 Å². The zero-order chi connectivity index (χ0) is 21.0. The van der Waals surface area contributed by atoms with E-state index in [-0.39, 0.29) is 22.6 Å². The molecule has 0 bridgehead atoms. The summed E-state index contributed by atoms with van der Waals surface area (Å²) >= 11 is 0. The molecule has 29 heavy (non-hydrogen) atoms. The second kappa shape index (κ2) is 6.61. The summed E-state index contributed by atoms with van der Waals surface area (Å²) in [5.41, 5.74) is 0.346. The van der Waals surface area contributed by atoms with Crippen molar-refractivity contribution in [1.29, 1.82) is 0 Å². The molecule has 4 aromatic rings. The summed E-state index contributed by atoms with van der Waals surface area (Å²) in [7, 11) is -4.40. The van der Waals surface area contributed by atoms with Crippen molar-refractivity contribution in [3.05, 3.63) is 42.0 Å². The highest BCUT2D eigenvalue weighted by atomic mass is 31.2. The number of fused-ring (bicyclic) bond motifs is 3. The standard InChI is InChI=1S/C16H14F3N6O3P/c1-2-11-21-14-12(24(7-20-14)8-29(26,27)28)15-22-13(23-25(11)15)9-3-5-10(6-4-9)16(17,18)19/h3-7H,2,8H2,1H3,(H2,26,27,28). The number of rotatable bonds is 4. The van der Waals surface area contributed by atoms with Gasteiger partial charge in [-0.2, -0.15) is 17.7 Å². The quantitative estimate of drug-likeness (QED) is 0.482. The van der Waals surface area contributed by atoms with E-state index in [0.717, 1.165) is 12.1 Å². The van der Waals surface area contributed by atoms with Crippen LogP contribution in [0, 0.1) is 0 Å². The maximum absolute atomic E-state index is 12.8. The summed E-state index contributed by atoms with van der Waals surface area (Å²) in [6.45, 7) is 1.83. The highest BCUT2D eigenvalue weighted by Crippen LogP contribution is 2.38. The summed E-state index contributed by atoms with van der Waals surface area (Å²) in [6.07, 6.45) is -3.35. The van der Waals surface area contributed by atoms with Gasteiger partial charge in [-0.3, -0.25) is 4.57 Å². The molecule has 0 atom stereocenters. The number of benzene rings is 1. The van der Waals surface area contributed by atoms with Crippen LogP contribution in [0.25, 0.3) is 28.2 Å². The molecule has 0 unspecified atom stereocenters. The average molecular weight is 426 g/mol. The van der Waals surface area contributed by atoms with Crippen LogP contribution in [-0.2, 0) is 23.4 Å². The van der Waals surface area contributed by atoms with E-state index in [0.29, 0.717) is 17.8 Å². The Kier molecular flexibility index (Phi) is 4.45. The van der Waals surface area contributed by atoms with Gasteiger partial charge in [0.1, 0.15) is 17.6 Å². The summed E-state index contributed by atoms with van der Waals surface area (Å²) in [5.74, 6) is 0.659. The molecule has 0 amide bonds. The average Bonchev–Trinajstić information content (AvgIpc) is 3.23. The predicted octanol–water partition coefficient (Wildman–Crippen LogP) is 2.86. The molecular weight excluding hydrogens is 412 g/mol. The first kappa shape index (κ1) is 19.5. The first-order chi connectivity index (χ1) is 13.6. The van der Waals surface area contributed by atoms with Gasteiger partial charge in [-0.25, -0.2) is 15.0 Å². The summed E-state index contributed by atoms with van der Waals surface area (Å²) in [5, 5.41) is 4.34. The third-order valence-corrected chi connectivity index (χ3v) is 4.91. The van der Waals surface area contributed by atoms with Crippen molar-refractivity contribution >= 4 is 24.4 Å². The van der Waals surface area contributed by atoms with E-state index in [4.69, 9.17) is 0 Å². The van der Waals surface area contributed by atoms with E-state index in [1.807, 2.05) is 6.92 Å². The number of hydrogen-bond donors (Lipinski definition) is 2. The lowest BCUT2D eigenvalue weighted by atomic mass is 10.1. The van der Waals surface area contributed by atoms with Crippen LogP contribution in [0.2, 0.25) is 0 Å². The van der Waals surface area contributed by atoms with Gasteiger partial charge in [-0.1, -0.05) is 19.1 Å². The summed E-state index contributed by atoms with van der Waals surface area (Å²) in [6, 6.07) is 4.41. The SMILES string of the molecule is CCc1nc2ncn(CP(=O)(O)O)c2c2nc(-c3ccc(C(F)(F)F)cc3)nn12. The Labute approximate surface area is 161 Å². The molecule has 0 saturated carbocycles. The lowest BCUT2D eigenvalue weighted by Gasteiger charge is -2.07. The van der Waals surface area contributed by atoms with Crippen LogP contribution in [0.4, 0.5) is 13.2 Å². The Bertz CT molecular complexity index is 1260. The maximum atomic E-state index is 12.8. The molecule has 0 spiro atoms. The van der Waals surface area contributed by atoms with Gasteiger partial charge in [0.05, 0.1) is 11.9 Å². The molecule has 3 heterocycles. The molecule has 0 aliphatic rings. The summed E-state index contributed by atoms with van der Waals surface area (Å²) < 4.78 is 52.5. The maximum Gasteiger partial charge on any atom is 0.416 e. The molecule has 4 rings (SSSR count). The van der Waals surface area contributed by atoms with Crippen LogP contribution in [0.15, 0.2) is 30.6 Å². The van der Waals surface area contributed by atoms with Gasteiger partial charge in [-0.05, 0) is 12.1 Å². The number of aryl methyl sites for hydroxylation is 1. The zero-order valence-electron chi connectivity index (χ0n) is 14.9. The number of aromatic nitrogens is 6. The largest absolute Gasteiger partial charge is 0.416 e. The second-order valence-electron chi connectivity index (χ2n) is 6.32. The molecule has 152 valence electrons. The van der Waals surface area contributed by atoms with Gasteiger partial charge in [0, 0.05) is 12.0 Å². The van der Waals surface area contributed by atoms with Crippen LogP contribution in [-0.4, -0.2) is 38.9 Å². The Morgan fingerprint density at radius 3 is 2.41 bits per heavy atom. The fraction of sp³-hybridized carbons (Fsp3) is 0.250. The lowest BCUT2D eigenvalue weighted by Crippen LogP contribution is -2.05. The van der Waals surface area contributed by atoms with Crippen molar-refractivity contribution in [2.75, 3.05) is 0 Å². The molecule has 2 N–H and O–H groups in total. The smallest absolute Gasteiger partial charge is 0.323 e. The van der Waals surface area contributed by atoms with Crippen LogP contribution in [0.5, 0.6) is 0 Å². The molecule has 0 saturated heterocycles. The molecule has 0 radical (unpaired) electrons. The Hall–Kier alpha value is -2.82. The summed E-state index contributed by atoms with van der Waals surface area (Å²) in [4.78, 5) is 31.4. The molecule has 1 aromatic carbocycles. The van der Waals surface area contributed by atoms with Crippen molar-refractivity contribution in [2.45, 2.75) is 25.8 Å². The predicted molar refractivity (Wildman–Crippen MR) is 95.9 cm³/mol. The van der Waals surface area contributed by atoms with Crippen molar-refractivity contribution in [3.63, 3.8) is 0 Å². The molecule has 0 fully saturated rings. The number of halogens is 3. The van der Waals surface area contributed by atoms with E-state index in [9.17, 15) is 27.5 Å². The van der Waals surface area contributed by atoms with Gasteiger partial charge in [-0.15, -0.1) is 5.10 Å². The second-order valence-corrected chi connectivity index (χ2v) is 7.93. The van der Waals surface area contributed by atoms with E-state index >= 15 is 0 Å². The van der Waals surface area contributed by atoms with Crippen LogP contribution >= 0.6 is 7.60 Å². The van der Waals surface area contributed by atoms with Gasteiger partial charge in [0.2, 0.25) is 0 Å². The van der Waals surface area contributed by atoms with Gasteiger partial charge < -0.3 is 14.4 Å². The number of alkyl halides is 3. The van der Waals surface area contributed by atoms with Crippen LogP contribution in [0.3, 0.4) is 0 Å². The highest BCUT2D eigenvalue weighted by molar-refractivity contribution is 7.50. The highest BCUT2D eigenvalue weighted by Gasteiger charge is 2.30. The van der Waals surface area contributed by atoms with E-state index in [1.165, 1.54) is 27.5 Å². The molecule has 0 aliphatic heterocycles. The normalized spacial score (nSPS) is 12.9. The molecule has 9 nitrogen and oxygen atoms in total. The third kappa shape index (κ3) is 3.61. The van der Waals surface area contributed by atoms with Crippen LogP contribution < -0.4 is 0 Å². The molecule has 0 aliphatic carbocycles. The molecular formula is C16H14F3N6O3P. The van der Waals surface area contributed by atoms with E-state index in [1.54, 1.807) is 0 Å². The minimum absolute atomic E-state index is 0.159.